The number of hydrogen-bond acceptors (Lipinski definition) is 3. The first-order valence-corrected chi connectivity index (χ1v) is 7.60. The Morgan fingerprint density at radius 2 is 1.67 bits per heavy atom. The summed E-state index contributed by atoms with van der Waals surface area (Å²) in [6, 6.07) is 13.3. The van der Waals surface area contributed by atoms with E-state index in [1.54, 1.807) is 23.5 Å². The van der Waals surface area contributed by atoms with Crippen LogP contribution < -0.4 is 10.3 Å². The van der Waals surface area contributed by atoms with Crippen molar-refractivity contribution >= 4 is 29.4 Å². The minimum Gasteiger partial charge on any atom is -0.301 e. The summed E-state index contributed by atoms with van der Waals surface area (Å²) in [7, 11) is 0. The highest BCUT2D eigenvalue weighted by Gasteiger charge is 2.42. The molecule has 1 heterocycles. The SMILES string of the molecule is O=C1/C(=C/c2ccccc2F)C(NC(=O)C(F)(F)F)=NN1c1ccccc1. The molecule has 9 heteroatoms. The van der Waals surface area contributed by atoms with Gasteiger partial charge in [0.2, 0.25) is 0 Å². The third-order valence-corrected chi connectivity index (χ3v) is 3.57. The van der Waals surface area contributed by atoms with E-state index < -0.39 is 29.6 Å². The molecule has 0 unspecified atom stereocenters. The van der Waals surface area contributed by atoms with Crippen LogP contribution in [0.1, 0.15) is 5.56 Å². The van der Waals surface area contributed by atoms with Gasteiger partial charge < -0.3 is 5.32 Å². The fraction of sp³-hybridized carbons (Fsp3) is 0.0556. The second-order valence-electron chi connectivity index (χ2n) is 5.43. The van der Waals surface area contributed by atoms with Crippen molar-refractivity contribution in [3.8, 4) is 0 Å². The topological polar surface area (TPSA) is 61.8 Å². The molecule has 0 aromatic heterocycles. The van der Waals surface area contributed by atoms with Gasteiger partial charge in [-0.25, -0.2) is 4.39 Å². The monoisotopic (exact) mass is 377 g/mol. The van der Waals surface area contributed by atoms with Crippen LogP contribution in [-0.2, 0) is 9.59 Å². The van der Waals surface area contributed by atoms with E-state index in [-0.39, 0.29) is 16.8 Å². The molecule has 0 saturated carbocycles. The second kappa shape index (κ2) is 7.02. The van der Waals surface area contributed by atoms with Crippen molar-refractivity contribution in [3.05, 3.63) is 71.6 Å². The van der Waals surface area contributed by atoms with Crippen molar-refractivity contribution in [1.82, 2.24) is 5.32 Å². The van der Waals surface area contributed by atoms with Gasteiger partial charge in [-0.15, -0.1) is 5.10 Å². The molecule has 1 N–H and O–H groups in total. The van der Waals surface area contributed by atoms with Crippen molar-refractivity contribution in [3.63, 3.8) is 0 Å². The lowest BCUT2D eigenvalue weighted by molar-refractivity contribution is -0.171. The van der Waals surface area contributed by atoms with Gasteiger partial charge in [0.25, 0.3) is 5.91 Å². The van der Waals surface area contributed by atoms with E-state index in [0.29, 0.717) is 0 Å². The van der Waals surface area contributed by atoms with E-state index in [4.69, 9.17) is 0 Å². The summed E-state index contributed by atoms with van der Waals surface area (Å²) in [6.07, 6.45) is -4.13. The summed E-state index contributed by atoms with van der Waals surface area (Å²) in [4.78, 5) is 23.9. The first-order valence-electron chi connectivity index (χ1n) is 7.60. The maximum atomic E-state index is 13.9. The van der Waals surface area contributed by atoms with Gasteiger partial charge in [-0.05, 0) is 24.3 Å². The molecule has 0 radical (unpaired) electrons. The summed E-state index contributed by atoms with van der Waals surface area (Å²) in [5.41, 5.74) is -0.135. The van der Waals surface area contributed by atoms with Gasteiger partial charge in [-0.3, -0.25) is 9.59 Å². The number of carbonyl (C=O) groups is 2. The Morgan fingerprint density at radius 3 is 2.30 bits per heavy atom. The van der Waals surface area contributed by atoms with E-state index in [9.17, 15) is 27.2 Å². The lowest BCUT2D eigenvalue weighted by atomic mass is 10.1. The number of nitrogens with one attached hydrogen (secondary N) is 1. The van der Waals surface area contributed by atoms with Crippen molar-refractivity contribution in [2.75, 3.05) is 5.01 Å². The van der Waals surface area contributed by atoms with Crippen LogP contribution in [-0.4, -0.2) is 23.8 Å². The third kappa shape index (κ3) is 3.86. The Bertz CT molecular complexity index is 953. The van der Waals surface area contributed by atoms with Crippen molar-refractivity contribution < 1.29 is 27.2 Å². The van der Waals surface area contributed by atoms with Gasteiger partial charge in [0, 0.05) is 5.56 Å². The molecule has 2 aromatic rings. The zero-order chi connectivity index (χ0) is 19.6. The number of amides is 2. The van der Waals surface area contributed by atoms with Crippen LogP contribution in [0.4, 0.5) is 23.2 Å². The first kappa shape index (κ1) is 18.3. The van der Waals surface area contributed by atoms with Crippen LogP contribution in [0, 0.1) is 5.82 Å². The number of benzene rings is 2. The first-order chi connectivity index (χ1) is 12.8. The van der Waals surface area contributed by atoms with Crippen LogP contribution >= 0.6 is 0 Å². The zero-order valence-corrected chi connectivity index (χ0v) is 13.5. The number of anilines is 1. The molecule has 2 aromatic carbocycles. The Balaban J connectivity index is 2.04. The lowest BCUT2D eigenvalue weighted by Crippen LogP contribution is -2.41. The van der Waals surface area contributed by atoms with Gasteiger partial charge >= 0.3 is 12.1 Å². The number of hydrazone groups is 1. The van der Waals surface area contributed by atoms with E-state index in [1.165, 1.54) is 30.3 Å². The molecule has 0 bridgehead atoms. The molecule has 27 heavy (non-hydrogen) atoms. The number of para-hydroxylation sites is 1. The molecule has 3 rings (SSSR count). The fourth-order valence-electron chi connectivity index (χ4n) is 2.31. The van der Waals surface area contributed by atoms with Crippen LogP contribution in [0.2, 0.25) is 0 Å². The Hall–Kier alpha value is -3.49. The minimum absolute atomic E-state index is 0.0373. The minimum atomic E-state index is -5.17. The summed E-state index contributed by atoms with van der Waals surface area (Å²) in [5, 5.41) is 6.18. The molecule has 1 aliphatic heterocycles. The number of carbonyl (C=O) groups excluding carboxylic acids is 2. The number of hydrogen-bond donors (Lipinski definition) is 1. The number of nitrogens with zero attached hydrogens (tertiary/aromatic N) is 2. The van der Waals surface area contributed by atoms with E-state index in [2.05, 4.69) is 5.10 Å². The quantitative estimate of drug-likeness (QED) is 0.645. The van der Waals surface area contributed by atoms with Crippen LogP contribution in [0.3, 0.4) is 0 Å². The van der Waals surface area contributed by atoms with E-state index in [1.807, 2.05) is 0 Å². The van der Waals surface area contributed by atoms with Gasteiger partial charge in [0.05, 0.1) is 11.3 Å². The average Bonchev–Trinajstić information content (AvgIpc) is 2.93. The molecule has 0 saturated heterocycles. The van der Waals surface area contributed by atoms with Crippen LogP contribution in [0.25, 0.3) is 6.08 Å². The summed E-state index contributed by atoms with van der Waals surface area (Å²) >= 11 is 0. The predicted octanol–water partition coefficient (Wildman–Crippen LogP) is 3.25. The van der Waals surface area contributed by atoms with Crippen LogP contribution in [0.15, 0.2) is 65.3 Å². The van der Waals surface area contributed by atoms with Gasteiger partial charge in [-0.2, -0.15) is 18.2 Å². The maximum absolute atomic E-state index is 13.9. The summed E-state index contributed by atoms with van der Waals surface area (Å²) < 4.78 is 51.7. The smallest absolute Gasteiger partial charge is 0.301 e. The fourth-order valence-corrected chi connectivity index (χ4v) is 2.31. The predicted molar refractivity (Wildman–Crippen MR) is 89.9 cm³/mol. The number of rotatable bonds is 2. The third-order valence-electron chi connectivity index (χ3n) is 3.57. The van der Waals surface area contributed by atoms with Crippen LogP contribution in [0.5, 0.6) is 0 Å². The molecular formula is C18H11F4N3O2. The molecule has 0 atom stereocenters. The Kier molecular flexibility index (Phi) is 4.76. The molecule has 138 valence electrons. The zero-order valence-electron chi connectivity index (χ0n) is 13.5. The lowest BCUT2D eigenvalue weighted by Gasteiger charge is -2.10. The van der Waals surface area contributed by atoms with Crippen molar-refractivity contribution in [2.45, 2.75) is 6.18 Å². The summed E-state index contributed by atoms with van der Waals surface area (Å²) in [6.45, 7) is 0. The standard InChI is InChI=1S/C18H11F4N3O2/c19-14-9-5-4-6-11(14)10-13-15(23-17(27)18(20,21)22)24-25(16(13)26)12-7-2-1-3-8-12/h1-10H,(H,23,24,27)/b13-10+. The van der Waals surface area contributed by atoms with Gasteiger partial charge in [-0.1, -0.05) is 36.4 Å². The van der Waals surface area contributed by atoms with Crippen molar-refractivity contribution in [2.24, 2.45) is 5.10 Å². The highest BCUT2D eigenvalue weighted by Crippen LogP contribution is 2.25. The average molecular weight is 377 g/mol. The maximum Gasteiger partial charge on any atom is 0.471 e. The highest BCUT2D eigenvalue weighted by molar-refractivity contribution is 6.34. The van der Waals surface area contributed by atoms with E-state index in [0.717, 1.165) is 17.2 Å². The number of halogens is 4. The van der Waals surface area contributed by atoms with Gasteiger partial charge in [0.1, 0.15) is 5.82 Å². The molecule has 2 amide bonds. The second-order valence-corrected chi connectivity index (χ2v) is 5.43. The van der Waals surface area contributed by atoms with Crippen molar-refractivity contribution in [1.29, 1.82) is 0 Å². The Morgan fingerprint density at radius 1 is 1.04 bits per heavy atom. The normalized spacial score (nSPS) is 15.9. The van der Waals surface area contributed by atoms with E-state index >= 15 is 0 Å². The molecule has 1 aliphatic rings. The molecule has 0 spiro atoms. The number of amidine groups is 1. The molecule has 0 fully saturated rings. The highest BCUT2D eigenvalue weighted by atomic mass is 19.4. The number of alkyl halides is 3. The molecule has 0 aliphatic carbocycles. The molecule has 5 nitrogen and oxygen atoms in total. The molecular weight excluding hydrogens is 366 g/mol. The Labute approximate surface area is 150 Å². The van der Waals surface area contributed by atoms with Gasteiger partial charge in [0.15, 0.2) is 5.84 Å². The largest absolute Gasteiger partial charge is 0.471 e. The summed E-state index contributed by atoms with van der Waals surface area (Å²) in [5.74, 6) is -4.39.